The van der Waals surface area contributed by atoms with Crippen molar-refractivity contribution in [2.24, 2.45) is 0 Å². The zero-order valence-electron chi connectivity index (χ0n) is 12.1. The highest BCUT2D eigenvalue weighted by Gasteiger charge is 2.30. The average Bonchev–Trinajstić information content (AvgIpc) is 2.43. The molecule has 1 aromatic carbocycles. The van der Waals surface area contributed by atoms with Crippen molar-refractivity contribution in [2.45, 2.75) is 43.3 Å². The lowest BCUT2D eigenvalue weighted by atomic mass is 10.1. The Kier molecular flexibility index (Phi) is 6.22. The second kappa shape index (κ2) is 7.26. The van der Waals surface area contributed by atoms with Crippen LogP contribution in [0.5, 0.6) is 0 Å². The normalized spacial score (nSPS) is 14.1. The maximum absolute atomic E-state index is 12.4. The Morgan fingerprint density at radius 2 is 1.76 bits per heavy atom. The third-order valence-electron chi connectivity index (χ3n) is 3.41. The number of halogens is 3. The van der Waals surface area contributed by atoms with Crippen molar-refractivity contribution in [1.82, 2.24) is 5.32 Å². The molecular formula is C14H20F3NO2S. The smallest absolute Gasteiger partial charge is 0.317 e. The van der Waals surface area contributed by atoms with Crippen LogP contribution < -0.4 is 5.32 Å². The van der Waals surface area contributed by atoms with Gasteiger partial charge in [-0.05, 0) is 50.6 Å². The van der Waals surface area contributed by atoms with E-state index in [4.69, 9.17) is 0 Å². The van der Waals surface area contributed by atoms with E-state index in [0.717, 1.165) is 30.7 Å². The van der Waals surface area contributed by atoms with E-state index in [1.807, 2.05) is 14.0 Å². The summed E-state index contributed by atoms with van der Waals surface area (Å²) < 4.78 is 61.4. The number of benzene rings is 1. The minimum Gasteiger partial charge on any atom is -0.317 e. The molecule has 120 valence electrons. The van der Waals surface area contributed by atoms with Crippen LogP contribution in [0.2, 0.25) is 0 Å². The molecule has 0 saturated carbocycles. The SMILES string of the molecule is CCC(CCCS(=O)(=O)c1ccc(C(F)(F)F)cc1)NC. The fourth-order valence-corrected chi connectivity index (χ4v) is 3.37. The Labute approximate surface area is 123 Å². The number of rotatable bonds is 7. The van der Waals surface area contributed by atoms with Crippen LogP contribution in [-0.4, -0.2) is 27.3 Å². The molecular weight excluding hydrogens is 303 g/mol. The molecule has 0 fully saturated rings. The van der Waals surface area contributed by atoms with Crippen molar-refractivity contribution in [2.75, 3.05) is 12.8 Å². The quantitative estimate of drug-likeness (QED) is 0.838. The van der Waals surface area contributed by atoms with Gasteiger partial charge < -0.3 is 5.32 Å². The third kappa shape index (κ3) is 5.32. The molecule has 0 radical (unpaired) electrons. The maximum Gasteiger partial charge on any atom is 0.416 e. The van der Waals surface area contributed by atoms with Gasteiger partial charge in [-0.3, -0.25) is 0 Å². The van der Waals surface area contributed by atoms with Crippen molar-refractivity contribution >= 4 is 9.84 Å². The monoisotopic (exact) mass is 323 g/mol. The van der Waals surface area contributed by atoms with Crippen LogP contribution in [0.25, 0.3) is 0 Å². The Balaban J connectivity index is 2.71. The van der Waals surface area contributed by atoms with Crippen LogP contribution in [0, 0.1) is 0 Å². The van der Waals surface area contributed by atoms with Crippen LogP contribution in [0.15, 0.2) is 29.2 Å². The van der Waals surface area contributed by atoms with Crippen molar-refractivity contribution in [3.05, 3.63) is 29.8 Å². The van der Waals surface area contributed by atoms with E-state index < -0.39 is 21.6 Å². The first-order valence-corrected chi connectivity index (χ1v) is 8.43. The molecule has 0 saturated heterocycles. The predicted molar refractivity (Wildman–Crippen MR) is 75.9 cm³/mol. The number of hydrogen-bond acceptors (Lipinski definition) is 3. The number of hydrogen-bond donors (Lipinski definition) is 1. The molecule has 1 rings (SSSR count). The Morgan fingerprint density at radius 1 is 1.19 bits per heavy atom. The van der Waals surface area contributed by atoms with Gasteiger partial charge in [0.15, 0.2) is 9.84 Å². The van der Waals surface area contributed by atoms with Gasteiger partial charge in [-0.2, -0.15) is 13.2 Å². The number of nitrogens with one attached hydrogen (secondary N) is 1. The van der Waals surface area contributed by atoms with Crippen LogP contribution in [0.3, 0.4) is 0 Å². The van der Waals surface area contributed by atoms with Gasteiger partial charge in [0.05, 0.1) is 16.2 Å². The minimum absolute atomic E-state index is 0.0590. The molecule has 0 spiro atoms. The standard InChI is InChI=1S/C14H20F3NO2S/c1-3-12(18-2)5-4-10-21(19,20)13-8-6-11(7-9-13)14(15,16)17/h6-9,12,18H,3-5,10H2,1-2H3. The molecule has 21 heavy (non-hydrogen) atoms. The molecule has 0 aliphatic heterocycles. The third-order valence-corrected chi connectivity index (χ3v) is 5.22. The van der Waals surface area contributed by atoms with Gasteiger partial charge in [-0.1, -0.05) is 6.92 Å². The molecule has 0 bridgehead atoms. The highest BCUT2D eigenvalue weighted by Crippen LogP contribution is 2.29. The summed E-state index contributed by atoms with van der Waals surface area (Å²) in [7, 11) is -1.71. The van der Waals surface area contributed by atoms with Crippen molar-refractivity contribution in [1.29, 1.82) is 0 Å². The molecule has 0 aromatic heterocycles. The lowest BCUT2D eigenvalue weighted by Crippen LogP contribution is -2.24. The summed E-state index contributed by atoms with van der Waals surface area (Å²) in [6, 6.07) is 3.90. The molecule has 3 nitrogen and oxygen atoms in total. The molecule has 1 N–H and O–H groups in total. The highest BCUT2D eigenvalue weighted by atomic mass is 32.2. The summed E-state index contributed by atoms with van der Waals surface area (Å²) in [4.78, 5) is -0.0620. The Hall–Kier alpha value is -1.08. The minimum atomic E-state index is -4.45. The summed E-state index contributed by atoms with van der Waals surface area (Å²) >= 11 is 0. The first-order chi connectivity index (χ1) is 9.70. The molecule has 0 heterocycles. The van der Waals surface area contributed by atoms with Crippen molar-refractivity contribution < 1.29 is 21.6 Å². The van der Waals surface area contributed by atoms with E-state index in [9.17, 15) is 21.6 Å². The van der Waals surface area contributed by atoms with Crippen molar-refractivity contribution in [3.63, 3.8) is 0 Å². The van der Waals surface area contributed by atoms with Gasteiger partial charge in [-0.15, -0.1) is 0 Å². The maximum atomic E-state index is 12.4. The Morgan fingerprint density at radius 3 is 2.19 bits per heavy atom. The predicted octanol–water partition coefficient (Wildman–Crippen LogP) is 3.26. The first kappa shape index (κ1) is 18.0. The van der Waals surface area contributed by atoms with Crippen LogP contribution >= 0.6 is 0 Å². The van der Waals surface area contributed by atoms with E-state index in [1.54, 1.807) is 0 Å². The van der Waals surface area contributed by atoms with Gasteiger partial charge in [0.25, 0.3) is 0 Å². The van der Waals surface area contributed by atoms with Gasteiger partial charge >= 0.3 is 6.18 Å². The fourth-order valence-electron chi connectivity index (χ4n) is 2.04. The summed E-state index contributed by atoms with van der Waals surface area (Å²) in [5.74, 6) is -0.0590. The molecule has 0 aliphatic rings. The second-order valence-corrected chi connectivity index (χ2v) is 6.99. The lowest BCUT2D eigenvalue weighted by molar-refractivity contribution is -0.137. The first-order valence-electron chi connectivity index (χ1n) is 6.78. The van der Waals surface area contributed by atoms with E-state index in [1.165, 1.54) is 0 Å². The zero-order valence-corrected chi connectivity index (χ0v) is 12.9. The lowest BCUT2D eigenvalue weighted by Gasteiger charge is -2.13. The van der Waals surface area contributed by atoms with Crippen LogP contribution in [-0.2, 0) is 16.0 Å². The van der Waals surface area contributed by atoms with Crippen molar-refractivity contribution in [3.8, 4) is 0 Å². The Bertz CT molecular complexity index is 534. The summed E-state index contributed by atoms with van der Waals surface area (Å²) in [5, 5.41) is 3.08. The molecule has 0 aliphatic carbocycles. The van der Waals surface area contributed by atoms with E-state index in [0.29, 0.717) is 12.8 Å². The fraction of sp³-hybridized carbons (Fsp3) is 0.571. The summed E-state index contributed by atoms with van der Waals surface area (Å²) in [5.41, 5.74) is -0.845. The van der Waals surface area contributed by atoms with Crippen LogP contribution in [0.1, 0.15) is 31.7 Å². The van der Waals surface area contributed by atoms with E-state index in [-0.39, 0.29) is 16.7 Å². The highest BCUT2D eigenvalue weighted by molar-refractivity contribution is 7.91. The van der Waals surface area contributed by atoms with Crippen LogP contribution in [0.4, 0.5) is 13.2 Å². The topological polar surface area (TPSA) is 46.2 Å². The summed E-state index contributed by atoms with van der Waals surface area (Å²) in [6.45, 7) is 2.01. The van der Waals surface area contributed by atoms with Gasteiger partial charge in [0.2, 0.25) is 0 Å². The number of alkyl halides is 3. The van der Waals surface area contributed by atoms with Gasteiger partial charge in [0, 0.05) is 6.04 Å². The molecule has 1 atom stereocenters. The second-order valence-electron chi connectivity index (χ2n) is 4.88. The van der Waals surface area contributed by atoms with Gasteiger partial charge in [0.1, 0.15) is 0 Å². The largest absolute Gasteiger partial charge is 0.416 e. The number of sulfone groups is 1. The zero-order chi connectivity index (χ0) is 16.1. The average molecular weight is 323 g/mol. The molecule has 1 unspecified atom stereocenters. The molecule has 0 amide bonds. The van der Waals surface area contributed by atoms with Gasteiger partial charge in [-0.25, -0.2) is 8.42 Å². The van der Waals surface area contributed by atoms with E-state index >= 15 is 0 Å². The van der Waals surface area contributed by atoms with E-state index in [2.05, 4.69) is 5.32 Å². The molecule has 1 aromatic rings. The summed E-state index contributed by atoms with van der Waals surface area (Å²) in [6.07, 6.45) is -2.37. The molecule has 7 heteroatoms.